The summed E-state index contributed by atoms with van der Waals surface area (Å²) in [5.74, 6) is 2.54. The highest BCUT2D eigenvalue weighted by molar-refractivity contribution is 14.0. The summed E-state index contributed by atoms with van der Waals surface area (Å²) in [6.07, 6.45) is -3.53. The molecule has 0 saturated carbocycles. The molecule has 6 nitrogen and oxygen atoms in total. The Hall–Kier alpha value is -2.21. The first kappa shape index (κ1) is 26.0. The Balaban J connectivity index is 0.00000363. The molecule has 0 bridgehead atoms. The SMILES string of the molecule is CN=C(NCc1ccc(Oc2ccccc2OC)cc1)NC1CCN(CC(F)(F)F)C1.I. The average Bonchev–Trinajstić information content (AvgIpc) is 3.17. The maximum Gasteiger partial charge on any atom is 0.401 e. The zero-order valence-corrected chi connectivity index (χ0v) is 20.3. The van der Waals surface area contributed by atoms with E-state index in [0.29, 0.717) is 49.3 Å². The van der Waals surface area contributed by atoms with Crippen molar-refractivity contribution in [3.05, 3.63) is 54.1 Å². The van der Waals surface area contributed by atoms with Crippen molar-refractivity contribution in [2.75, 3.05) is 33.8 Å². The van der Waals surface area contributed by atoms with Crippen LogP contribution >= 0.6 is 24.0 Å². The van der Waals surface area contributed by atoms with Crippen LogP contribution in [0.15, 0.2) is 53.5 Å². The van der Waals surface area contributed by atoms with Gasteiger partial charge in [0, 0.05) is 32.7 Å². The van der Waals surface area contributed by atoms with Gasteiger partial charge in [0.25, 0.3) is 0 Å². The number of benzene rings is 2. The third kappa shape index (κ3) is 8.05. The summed E-state index contributed by atoms with van der Waals surface area (Å²) in [5.41, 5.74) is 1.01. The molecule has 0 amide bonds. The van der Waals surface area contributed by atoms with E-state index in [4.69, 9.17) is 9.47 Å². The Kier molecular flexibility index (Phi) is 9.88. The number of halogens is 4. The monoisotopic (exact) mass is 564 g/mol. The fraction of sp³-hybridized carbons (Fsp3) is 0.409. The van der Waals surface area contributed by atoms with E-state index < -0.39 is 12.7 Å². The highest BCUT2D eigenvalue weighted by atomic mass is 127. The van der Waals surface area contributed by atoms with Crippen molar-refractivity contribution >= 4 is 29.9 Å². The minimum atomic E-state index is -4.17. The third-order valence-corrected chi connectivity index (χ3v) is 4.92. The van der Waals surface area contributed by atoms with Crippen LogP contribution < -0.4 is 20.1 Å². The molecule has 2 aromatic carbocycles. The predicted octanol–water partition coefficient (Wildman–Crippen LogP) is 4.41. The number of alkyl halides is 3. The summed E-state index contributed by atoms with van der Waals surface area (Å²) in [7, 11) is 3.24. The topological polar surface area (TPSA) is 58.1 Å². The van der Waals surface area contributed by atoms with Gasteiger partial charge < -0.3 is 20.1 Å². The van der Waals surface area contributed by atoms with E-state index >= 15 is 0 Å². The van der Waals surface area contributed by atoms with Crippen molar-refractivity contribution in [2.24, 2.45) is 4.99 Å². The molecule has 176 valence electrons. The van der Waals surface area contributed by atoms with Crippen LogP contribution in [0.25, 0.3) is 0 Å². The molecule has 0 aromatic heterocycles. The van der Waals surface area contributed by atoms with Crippen LogP contribution in [0, 0.1) is 0 Å². The largest absolute Gasteiger partial charge is 0.493 e. The van der Waals surface area contributed by atoms with Gasteiger partial charge in [-0.3, -0.25) is 9.89 Å². The molecular weight excluding hydrogens is 536 g/mol. The standard InChI is InChI=1S/C22H27F3N4O2.HI/c1-26-21(28-17-11-12-29(14-17)15-22(23,24)25)27-13-16-7-9-18(10-8-16)31-20-6-4-3-5-19(20)30-2;/h3-10,17H,11-15H2,1-2H3,(H2,26,27,28);1H. The van der Waals surface area contributed by atoms with Crippen LogP contribution in [0.2, 0.25) is 0 Å². The van der Waals surface area contributed by atoms with Gasteiger partial charge in [0.2, 0.25) is 0 Å². The molecule has 2 N–H and O–H groups in total. The van der Waals surface area contributed by atoms with E-state index in [9.17, 15) is 13.2 Å². The predicted molar refractivity (Wildman–Crippen MR) is 129 cm³/mol. The minimum Gasteiger partial charge on any atom is -0.493 e. The molecule has 1 saturated heterocycles. The summed E-state index contributed by atoms with van der Waals surface area (Å²) in [6, 6.07) is 15.0. The van der Waals surface area contributed by atoms with E-state index in [1.165, 1.54) is 4.90 Å². The fourth-order valence-corrected chi connectivity index (χ4v) is 3.43. The van der Waals surface area contributed by atoms with Gasteiger partial charge in [0.15, 0.2) is 17.5 Å². The van der Waals surface area contributed by atoms with Crippen molar-refractivity contribution in [3.63, 3.8) is 0 Å². The summed E-state index contributed by atoms with van der Waals surface area (Å²) in [4.78, 5) is 5.58. The molecule has 1 fully saturated rings. The third-order valence-electron chi connectivity index (χ3n) is 4.92. The van der Waals surface area contributed by atoms with Crippen molar-refractivity contribution < 1.29 is 22.6 Å². The fourth-order valence-electron chi connectivity index (χ4n) is 3.43. The zero-order valence-electron chi connectivity index (χ0n) is 18.0. The molecule has 32 heavy (non-hydrogen) atoms. The highest BCUT2D eigenvalue weighted by Gasteiger charge is 2.34. The van der Waals surface area contributed by atoms with Gasteiger partial charge in [-0.05, 0) is 36.2 Å². The molecule has 1 aliphatic heterocycles. The molecule has 10 heteroatoms. The number of aliphatic imine (C=N–C) groups is 1. The van der Waals surface area contributed by atoms with Crippen LogP contribution in [0.5, 0.6) is 17.2 Å². The second-order valence-corrected chi connectivity index (χ2v) is 7.30. The maximum absolute atomic E-state index is 12.5. The first-order chi connectivity index (χ1) is 14.9. The number of hydrogen-bond acceptors (Lipinski definition) is 4. The number of nitrogens with zero attached hydrogens (tertiary/aromatic N) is 2. The van der Waals surface area contributed by atoms with Gasteiger partial charge in [0.1, 0.15) is 5.75 Å². The lowest BCUT2D eigenvalue weighted by atomic mass is 10.2. The second-order valence-electron chi connectivity index (χ2n) is 7.30. The lowest BCUT2D eigenvalue weighted by molar-refractivity contribution is -0.143. The van der Waals surface area contributed by atoms with E-state index in [1.807, 2.05) is 48.5 Å². The number of methoxy groups -OCH3 is 1. The molecule has 1 unspecified atom stereocenters. The Bertz CT molecular complexity index is 878. The van der Waals surface area contributed by atoms with Crippen LogP contribution in [0.1, 0.15) is 12.0 Å². The molecule has 2 aromatic rings. The average molecular weight is 564 g/mol. The normalized spacial score (nSPS) is 16.9. The van der Waals surface area contributed by atoms with E-state index in [-0.39, 0.29) is 30.0 Å². The summed E-state index contributed by atoms with van der Waals surface area (Å²) in [6.45, 7) is 0.408. The number of ether oxygens (including phenoxy) is 2. The van der Waals surface area contributed by atoms with Crippen LogP contribution in [-0.2, 0) is 6.54 Å². The van der Waals surface area contributed by atoms with Crippen molar-refractivity contribution in [2.45, 2.75) is 25.2 Å². The summed E-state index contributed by atoms with van der Waals surface area (Å²) in [5, 5.41) is 6.40. The molecule has 1 atom stereocenters. The Labute approximate surface area is 203 Å². The molecular formula is C22H28F3IN4O2. The van der Waals surface area contributed by atoms with Crippen molar-refractivity contribution in [1.82, 2.24) is 15.5 Å². The van der Waals surface area contributed by atoms with Crippen molar-refractivity contribution in [3.8, 4) is 17.2 Å². The molecule has 0 aliphatic carbocycles. The Morgan fingerprint density at radius 3 is 2.44 bits per heavy atom. The number of guanidine groups is 1. The van der Waals surface area contributed by atoms with E-state index in [1.54, 1.807) is 14.2 Å². The van der Waals surface area contributed by atoms with E-state index in [0.717, 1.165) is 5.56 Å². The van der Waals surface area contributed by atoms with E-state index in [2.05, 4.69) is 15.6 Å². The van der Waals surface area contributed by atoms with Crippen molar-refractivity contribution in [1.29, 1.82) is 0 Å². The maximum atomic E-state index is 12.5. The number of para-hydroxylation sites is 2. The first-order valence-electron chi connectivity index (χ1n) is 10.0. The lowest BCUT2D eigenvalue weighted by Gasteiger charge is -2.20. The van der Waals surface area contributed by atoms with Gasteiger partial charge in [-0.1, -0.05) is 24.3 Å². The number of likely N-dealkylation sites (tertiary alicyclic amines) is 1. The summed E-state index contributed by atoms with van der Waals surface area (Å²) < 4.78 is 48.8. The van der Waals surface area contributed by atoms with Gasteiger partial charge in [-0.15, -0.1) is 24.0 Å². The van der Waals surface area contributed by atoms with Crippen LogP contribution in [0.3, 0.4) is 0 Å². The number of hydrogen-bond donors (Lipinski definition) is 2. The van der Waals surface area contributed by atoms with Gasteiger partial charge in [-0.25, -0.2) is 0 Å². The Morgan fingerprint density at radius 1 is 1.12 bits per heavy atom. The molecule has 1 aliphatic rings. The van der Waals surface area contributed by atoms with Gasteiger partial charge >= 0.3 is 6.18 Å². The van der Waals surface area contributed by atoms with Gasteiger partial charge in [0.05, 0.1) is 13.7 Å². The minimum absolute atomic E-state index is 0. The number of nitrogens with one attached hydrogen (secondary N) is 2. The zero-order chi connectivity index (χ0) is 22.3. The molecule has 1 heterocycles. The highest BCUT2D eigenvalue weighted by Crippen LogP contribution is 2.30. The molecule has 3 rings (SSSR count). The van der Waals surface area contributed by atoms with Gasteiger partial charge in [-0.2, -0.15) is 13.2 Å². The number of rotatable bonds is 7. The first-order valence-corrected chi connectivity index (χ1v) is 10.0. The quantitative estimate of drug-likeness (QED) is 0.297. The Morgan fingerprint density at radius 2 is 1.81 bits per heavy atom. The van der Waals surface area contributed by atoms with Crippen LogP contribution in [-0.4, -0.2) is 56.9 Å². The molecule has 0 radical (unpaired) electrons. The second kappa shape index (κ2) is 12.1. The molecule has 0 spiro atoms. The summed E-state index contributed by atoms with van der Waals surface area (Å²) >= 11 is 0. The smallest absolute Gasteiger partial charge is 0.401 e. The lowest BCUT2D eigenvalue weighted by Crippen LogP contribution is -2.44. The van der Waals surface area contributed by atoms with Crippen LogP contribution in [0.4, 0.5) is 13.2 Å².